The lowest BCUT2D eigenvalue weighted by atomic mass is 10.0. The van der Waals surface area contributed by atoms with Crippen LogP contribution >= 0.6 is 11.6 Å². The van der Waals surface area contributed by atoms with Crippen LogP contribution in [0.15, 0.2) is 78.9 Å². The average Bonchev–Trinajstić information content (AvgIpc) is 2.91. The molecule has 0 saturated heterocycles. The second-order valence-electron chi connectivity index (χ2n) is 10.2. The summed E-state index contributed by atoms with van der Waals surface area (Å²) < 4.78 is 5.24. The summed E-state index contributed by atoms with van der Waals surface area (Å²) in [5.74, 6) is -0.604. The molecule has 0 spiro atoms. The van der Waals surface area contributed by atoms with Crippen molar-refractivity contribution in [1.82, 2.24) is 16.0 Å². The first-order chi connectivity index (χ1) is 18.6. The normalized spacial score (nSPS) is 11.8. The Bertz CT molecular complexity index is 1220. The lowest BCUT2D eigenvalue weighted by Crippen LogP contribution is -2.46. The van der Waals surface area contributed by atoms with Crippen LogP contribution in [0.3, 0.4) is 0 Å². The number of halogens is 1. The van der Waals surface area contributed by atoms with Crippen molar-refractivity contribution in [1.29, 1.82) is 0 Å². The smallest absolute Gasteiger partial charge is 0.407 e. The predicted molar refractivity (Wildman–Crippen MR) is 155 cm³/mol. The molecule has 1 atom stereocenters. The van der Waals surface area contributed by atoms with Crippen molar-refractivity contribution in [3.05, 3.63) is 95.0 Å². The monoisotopic (exact) mass is 549 g/mol. The second-order valence-corrected chi connectivity index (χ2v) is 10.7. The lowest BCUT2D eigenvalue weighted by Gasteiger charge is -2.20. The third kappa shape index (κ3) is 10.4. The van der Waals surface area contributed by atoms with Crippen LogP contribution in [0.5, 0.6) is 0 Å². The Morgan fingerprint density at radius 2 is 1.46 bits per heavy atom. The number of hydrogen-bond acceptors (Lipinski definition) is 4. The summed E-state index contributed by atoms with van der Waals surface area (Å²) >= 11 is 5.95. The number of nitrogens with one attached hydrogen (secondary N) is 3. The zero-order chi connectivity index (χ0) is 28.3. The fraction of sp³-hybridized carbons (Fsp3) is 0.323. The molecule has 8 heteroatoms. The van der Waals surface area contributed by atoms with Crippen molar-refractivity contribution in [2.24, 2.45) is 0 Å². The van der Waals surface area contributed by atoms with Crippen LogP contribution in [-0.2, 0) is 16.1 Å². The van der Waals surface area contributed by atoms with Crippen molar-refractivity contribution < 1.29 is 19.1 Å². The Morgan fingerprint density at radius 1 is 0.821 bits per heavy atom. The molecule has 0 bridgehead atoms. The fourth-order valence-corrected chi connectivity index (χ4v) is 3.97. The van der Waals surface area contributed by atoms with Crippen molar-refractivity contribution >= 4 is 29.5 Å². The van der Waals surface area contributed by atoms with E-state index >= 15 is 0 Å². The molecule has 0 fully saturated rings. The van der Waals surface area contributed by atoms with Crippen LogP contribution in [-0.4, -0.2) is 36.1 Å². The molecular formula is C31H36ClN3O4. The van der Waals surface area contributed by atoms with E-state index in [2.05, 4.69) is 16.0 Å². The van der Waals surface area contributed by atoms with E-state index in [9.17, 15) is 14.4 Å². The molecule has 3 aromatic carbocycles. The number of benzene rings is 3. The van der Waals surface area contributed by atoms with E-state index in [0.29, 0.717) is 42.9 Å². The first-order valence-electron chi connectivity index (χ1n) is 13.1. The van der Waals surface area contributed by atoms with Gasteiger partial charge in [0.2, 0.25) is 5.91 Å². The van der Waals surface area contributed by atoms with E-state index in [1.54, 1.807) is 45.0 Å². The van der Waals surface area contributed by atoms with Crippen LogP contribution in [0.2, 0.25) is 5.02 Å². The highest BCUT2D eigenvalue weighted by Gasteiger charge is 2.21. The number of rotatable bonds is 11. The number of carbonyl (C=O) groups excluding carboxylic acids is 3. The van der Waals surface area contributed by atoms with Crippen molar-refractivity contribution in [2.45, 2.75) is 58.2 Å². The zero-order valence-electron chi connectivity index (χ0n) is 22.6. The van der Waals surface area contributed by atoms with Gasteiger partial charge in [-0.25, -0.2) is 4.79 Å². The molecule has 39 heavy (non-hydrogen) atoms. The highest BCUT2D eigenvalue weighted by atomic mass is 35.5. The van der Waals surface area contributed by atoms with E-state index in [1.807, 2.05) is 54.6 Å². The minimum atomic E-state index is -0.736. The van der Waals surface area contributed by atoms with Gasteiger partial charge in [-0.1, -0.05) is 66.2 Å². The number of unbranched alkanes of at least 4 members (excludes halogenated alkanes) is 1. The molecule has 206 valence electrons. The third-order valence-corrected chi connectivity index (χ3v) is 6.10. The van der Waals surface area contributed by atoms with Gasteiger partial charge in [-0.05, 0) is 81.0 Å². The van der Waals surface area contributed by atoms with Gasteiger partial charge in [0.25, 0.3) is 5.91 Å². The molecular weight excluding hydrogens is 514 g/mol. The molecule has 0 heterocycles. The van der Waals surface area contributed by atoms with Gasteiger partial charge in [0.15, 0.2) is 0 Å². The molecule has 0 aliphatic rings. The minimum absolute atomic E-state index is 0.278. The van der Waals surface area contributed by atoms with Crippen molar-refractivity contribution in [2.75, 3.05) is 6.54 Å². The quantitative estimate of drug-likeness (QED) is 0.251. The average molecular weight is 550 g/mol. The number of hydrogen-bond donors (Lipinski definition) is 3. The van der Waals surface area contributed by atoms with E-state index in [4.69, 9.17) is 16.3 Å². The summed E-state index contributed by atoms with van der Waals surface area (Å²) in [6.07, 6.45) is 1.17. The molecule has 3 amide bonds. The van der Waals surface area contributed by atoms with Gasteiger partial charge in [-0.3, -0.25) is 9.59 Å². The molecule has 3 aromatic rings. The van der Waals surface area contributed by atoms with Gasteiger partial charge in [0.1, 0.15) is 11.6 Å². The highest BCUT2D eigenvalue weighted by molar-refractivity contribution is 6.30. The van der Waals surface area contributed by atoms with E-state index in [1.165, 1.54) is 0 Å². The molecule has 3 N–H and O–H groups in total. The third-order valence-electron chi connectivity index (χ3n) is 5.84. The molecule has 0 aliphatic heterocycles. The van der Waals surface area contributed by atoms with Crippen LogP contribution in [0.1, 0.15) is 56.0 Å². The van der Waals surface area contributed by atoms with Gasteiger partial charge in [-0.15, -0.1) is 0 Å². The lowest BCUT2D eigenvalue weighted by molar-refractivity contribution is -0.123. The number of ether oxygens (including phenoxy) is 1. The molecule has 3 rings (SSSR count). The molecule has 7 nitrogen and oxygen atoms in total. The maximum absolute atomic E-state index is 13.1. The topological polar surface area (TPSA) is 96.5 Å². The minimum Gasteiger partial charge on any atom is -0.444 e. The van der Waals surface area contributed by atoms with Crippen LogP contribution in [0.4, 0.5) is 4.79 Å². The Balaban J connectivity index is 1.59. The predicted octanol–water partition coefficient (Wildman–Crippen LogP) is 6.12. The fourth-order valence-electron chi connectivity index (χ4n) is 3.85. The maximum atomic E-state index is 13.1. The Hall–Kier alpha value is -3.84. The van der Waals surface area contributed by atoms with Crippen molar-refractivity contribution in [3.8, 4) is 11.1 Å². The number of alkyl carbamates (subject to hydrolysis) is 1. The zero-order valence-corrected chi connectivity index (χ0v) is 23.4. The van der Waals surface area contributed by atoms with E-state index in [0.717, 1.165) is 16.7 Å². The van der Waals surface area contributed by atoms with Gasteiger partial charge in [0, 0.05) is 23.7 Å². The second kappa shape index (κ2) is 14.4. The first kappa shape index (κ1) is 29.7. The summed E-state index contributed by atoms with van der Waals surface area (Å²) in [4.78, 5) is 38.0. The van der Waals surface area contributed by atoms with Crippen molar-refractivity contribution in [3.63, 3.8) is 0 Å². The summed E-state index contributed by atoms with van der Waals surface area (Å²) in [5.41, 5.74) is 2.86. The molecule has 0 radical (unpaired) electrons. The van der Waals surface area contributed by atoms with Crippen LogP contribution < -0.4 is 16.0 Å². The largest absolute Gasteiger partial charge is 0.444 e. The van der Waals surface area contributed by atoms with Gasteiger partial charge < -0.3 is 20.7 Å². The van der Waals surface area contributed by atoms with Gasteiger partial charge in [-0.2, -0.15) is 0 Å². The Morgan fingerprint density at radius 3 is 2.10 bits per heavy atom. The summed E-state index contributed by atoms with van der Waals surface area (Å²) in [5, 5.41) is 9.13. The van der Waals surface area contributed by atoms with Gasteiger partial charge >= 0.3 is 6.09 Å². The summed E-state index contributed by atoms with van der Waals surface area (Å²) in [6, 6.07) is 23.7. The van der Waals surface area contributed by atoms with Gasteiger partial charge in [0.05, 0.1) is 0 Å². The standard InChI is InChI=1S/C31H36ClN3O4/c1-31(2,3)39-30(38)33-20-8-7-11-27(29(37)34-21-22-12-18-26(32)19-13-22)35-28(36)25-16-14-24(15-17-25)23-9-5-4-6-10-23/h4-6,9-10,12-19,27H,7-8,11,20-21H2,1-3H3,(H,33,38)(H,34,37)(H,35,36)/t27-/m0/s1. The molecule has 0 unspecified atom stereocenters. The molecule has 0 aliphatic carbocycles. The maximum Gasteiger partial charge on any atom is 0.407 e. The number of amides is 3. The Labute approximate surface area is 235 Å². The highest BCUT2D eigenvalue weighted by Crippen LogP contribution is 2.19. The molecule has 0 saturated carbocycles. The SMILES string of the molecule is CC(C)(C)OC(=O)NCCCC[C@H](NC(=O)c1ccc(-c2ccccc2)cc1)C(=O)NCc1ccc(Cl)cc1. The summed E-state index contributed by atoms with van der Waals surface area (Å²) in [7, 11) is 0. The summed E-state index contributed by atoms with van der Waals surface area (Å²) in [6.45, 7) is 6.13. The number of carbonyl (C=O) groups is 3. The van der Waals surface area contributed by atoms with E-state index < -0.39 is 17.7 Å². The van der Waals surface area contributed by atoms with Crippen LogP contribution in [0, 0.1) is 0 Å². The molecule has 0 aromatic heterocycles. The van der Waals surface area contributed by atoms with E-state index in [-0.39, 0.29) is 11.8 Å². The Kier molecular flexibility index (Phi) is 10.9. The first-order valence-corrected chi connectivity index (χ1v) is 13.4. The van der Waals surface area contributed by atoms with Crippen LogP contribution in [0.25, 0.3) is 11.1 Å².